The number of carboxylic acid groups (broad SMARTS) is 1. The van der Waals surface area contributed by atoms with Crippen molar-refractivity contribution < 1.29 is 9.90 Å². The van der Waals surface area contributed by atoms with Crippen molar-refractivity contribution in [2.24, 2.45) is 0 Å². The normalized spacial score (nSPS) is 13.3. The molecule has 0 unspecified atom stereocenters. The molecule has 0 radical (unpaired) electrons. The van der Waals surface area contributed by atoms with Crippen LogP contribution in [0.25, 0.3) is 0 Å². The molecule has 1 aromatic rings. The Hall–Kier alpha value is -1.49. The average Bonchev–Trinajstić information content (AvgIpc) is 2.18. The number of hydrogen-bond donors (Lipinski definition) is 3. The smallest absolute Gasteiger partial charge is 0.337 e. The van der Waals surface area contributed by atoms with E-state index < -0.39 is 5.97 Å². The highest BCUT2D eigenvalue weighted by atomic mass is 35.5. The second-order valence-corrected chi connectivity index (χ2v) is 3.22. The lowest BCUT2D eigenvalue weighted by molar-refractivity contribution is 0.0695. The zero-order valence-electron chi connectivity index (χ0n) is 7.87. The number of pyridine rings is 1. The number of rotatable bonds is 1. The molecule has 0 aliphatic carbocycles. The maximum Gasteiger partial charge on any atom is 0.337 e. The average molecular weight is 231 g/mol. The predicted molar refractivity (Wildman–Crippen MR) is 58.1 cm³/mol. The van der Waals surface area contributed by atoms with Crippen molar-refractivity contribution in [2.75, 3.05) is 11.9 Å². The lowest BCUT2D eigenvalue weighted by Crippen LogP contribution is -2.24. The number of fused-ring (bicyclic) bond motifs is 1. The van der Waals surface area contributed by atoms with Crippen LogP contribution >= 0.6 is 12.4 Å². The summed E-state index contributed by atoms with van der Waals surface area (Å²) in [6.45, 7) is 0.721. The van der Waals surface area contributed by atoms with E-state index in [1.165, 1.54) is 6.20 Å². The summed E-state index contributed by atoms with van der Waals surface area (Å²) in [6.07, 6.45) is 2.76. The van der Waals surface area contributed by atoms with E-state index in [0.717, 1.165) is 13.0 Å². The Balaban J connectivity index is 0.00000112. The van der Waals surface area contributed by atoms with E-state index in [1.54, 1.807) is 0 Å². The largest absolute Gasteiger partial charge is 0.478 e. The van der Waals surface area contributed by atoms with Crippen molar-refractivity contribution in [2.45, 2.75) is 12.8 Å². The van der Waals surface area contributed by atoms with Crippen LogP contribution in [0.5, 0.6) is 0 Å². The fourth-order valence-electron chi connectivity index (χ4n) is 1.68. The molecule has 0 saturated heterocycles. The molecule has 0 bridgehead atoms. The van der Waals surface area contributed by atoms with Crippen LogP contribution in [0.4, 0.5) is 5.69 Å². The third kappa shape index (κ3) is 1.97. The first-order valence-corrected chi connectivity index (χ1v) is 4.42. The third-order valence-corrected chi connectivity index (χ3v) is 2.34. The van der Waals surface area contributed by atoms with Gasteiger partial charge in [0.1, 0.15) is 5.69 Å². The van der Waals surface area contributed by atoms with Gasteiger partial charge in [0.2, 0.25) is 0 Å². The monoisotopic (exact) mass is 230 g/mol. The molecule has 0 saturated carbocycles. The van der Waals surface area contributed by atoms with Crippen LogP contribution in [0.2, 0.25) is 0 Å². The minimum Gasteiger partial charge on any atom is -0.478 e. The molecule has 15 heavy (non-hydrogen) atoms. The zero-order chi connectivity index (χ0) is 10.1. The molecule has 0 amide bonds. The van der Waals surface area contributed by atoms with E-state index in [4.69, 9.17) is 5.11 Å². The maximum absolute atomic E-state index is 11.3. The van der Waals surface area contributed by atoms with E-state index in [2.05, 4.69) is 10.3 Å². The molecule has 2 heterocycles. The molecule has 1 aliphatic rings. The van der Waals surface area contributed by atoms with Crippen LogP contribution in [-0.4, -0.2) is 22.6 Å². The second-order valence-electron chi connectivity index (χ2n) is 3.22. The molecule has 0 fully saturated rings. The summed E-state index contributed by atoms with van der Waals surface area (Å²) in [5.41, 5.74) is 0.972. The fourth-order valence-corrected chi connectivity index (χ4v) is 1.68. The molecule has 5 nitrogen and oxygen atoms in total. The van der Waals surface area contributed by atoms with Crippen molar-refractivity contribution in [3.8, 4) is 0 Å². The molecule has 0 spiro atoms. The lowest BCUT2D eigenvalue weighted by atomic mass is 10.0. The van der Waals surface area contributed by atoms with Gasteiger partial charge < -0.3 is 15.4 Å². The molecule has 0 atom stereocenters. The first kappa shape index (κ1) is 11.6. The molecule has 82 valence electrons. The number of aromatic carboxylic acids is 1. The van der Waals surface area contributed by atoms with Crippen LogP contribution in [0.15, 0.2) is 11.0 Å². The van der Waals surface area contributed by atoms with Crippen molar-refractivity contribution in [3.63, 3.8) is 0 Å². The van der Waals surface area contributed by atoms with E-state index >= 15 is 0 Å². The van der Waals surface area contributed by atoms with Gasteiger partial charge in [0.15, 0.2) is 0 Å². The van der Waals surface area contributed by atoms with Crippen molar-refractivity contribution in [1.29, 1.82) is 0 Å². The van der Waals surface area contributed by atoms with Gasteiger partial charge in [-0.3, -0.25) is 4.79 Å². The summed E-state index contributed by atoms with van der Waals surface area (Å²) in [5, 5.41) is 11.8. The van der Waals surface area contributed by atoms with E-state index in [-0.39, 0.29) is 23.5 Å². The number of carboxylic acids is 1. The molecule has 3 N–H and O–H groups in total. The second kappa shape index (κ2) is 4.35. The Labute approximate surface area is 91.9 Å². The minimum absolute atomic E-state index is 0. The van der Waals surface area contributed by atoms with Crippen LogP contribution in [0, 0.1) is 0 Å². The first-order chi connectivity index (χ1) is 6.70. The molecule has 6 heteroatoms. The van der Waals surface area contributed by atoms with Crippen molar-refractivity contribution in [3.05, 3.63) is 27.7 Å². The van der Waals surface area contributed by atoms with E-state index in [1.807, 2.05) is 0 Å². The van der Waals surface area contributed by atoms with Crippen LogP contribution < -0.4 is 10.9 Å². The maximum atomic E-state index is 11.3. The quantitative estimate of drug-likeness (QED) is 0.668. The van der Waals surface area contributed by atoms with Crippen LogP contribution in [-0.2, 0) is 6.42 Å². The van der Waals surface area contributed by atoms with Crippen molar-refractivity contribution >= 4 is 24.1 Å². The van der Waals surface area contributed by atoms with Crippen molar-refractivity contribution in [1.82, 2.24) is 4.98 Å². The van der Waals surface area contributed by atoms with Gasteiger partial charge in [0, 0.05) is 12.7 Å². The van der Waals surface area contributed by atoms with Gasteiger partial charge in [-0.1, -0.05) is 0 Å². The van der Waals surface area contributed by atoms with Crippen LogP contribution in [0.1, 0.15) is 22.3 Å². The Morgan fingerprint density at radius 1 is 1.47 bits per heavy atom. The Morgan fingerprint density at radius 2 is 2.20 bits per heavy atom. The van der Waals surface area contributed by atoms with Gasteiger partial charge in [0.25, 0.3) is 5.56 Å². The van der Waals surface area contributed by atoms with Gasteiger partial charge in [-0.05, 0) is 18.4 Å². The summed E-state index contributed by atoms with van der Waals surface area (Å²) in [7, 11) is 0. The molecule has 1 aliphatic heterocycles. The molecule has 2 rings (SSSR count). The number of H-pyrrole nitrogens is 1. The van der Waals surface area contributed by atoms with Crippen LogP contribution in [0.3, 0.4) is 0 Å². The summed E-state index contributed by atoms with van der Waals surface area (Å²) in [6, 6.07) is 0. The Kier molecular flexibility index (Phi) is 3.36. The number of nitrogens with one attached hydrogen (secondary N) is 2. The zero-order valence-corrected chi connectivity index (χ0v) is 8.69. The molecular formula is C9H11ClN2O3. The summed E-state index contributed by atoms with van der Waals surface area (Å²) in [5.74, 6) is -0.999. The van der Waals surface area contributed by atoms with Gasteiger partial charge in [-0.2, -0.15) is 0 Å². The topological polar surface area (TPSA) is 82.2 Å². The number of halogens is 1. The van der Waals surface area contributed by atoms with Gasteiger partial charge in [0.05, 0.1) is 5.56 Å². The van der Waals surface area contributed by atoms with E-state index in [9.17, 15) is 9.59 Å². The third-order valence-electron chi connectivity index (χ3n) is 2.34. The number of carbonyl (C=O) groups is 1. The number of aromatic amines is 1. The number of anilines is 1. The summed E-state index contributed by atoms with van der Waals surface area (Å²) >= 11 is 0. The summed E-state index contributed by atoms with van der Waals surface area (Å²) in [4.78, 5) is 24.6. The Bertz CT molecular complexity index is 441. The lowest BCUT2D eigenvalue weighted by Gasteiger charge is -2.17. The van der Waals surface area contributed by atoms with Gasteiger partial charge in [-0.25, -0.2) is 4.79 Å². The highest BCUT2D eigenvalue weighted by molar-refractivity contribution is 5.91. The fraction of sp³-hybridized carbons (Fsp3) is 0.333. The Morgan fingerprint density at radius 3 is 2.87 bits per heavy atom. The SMILES string of the molecule is Cl.O=C(O)c1c[nH]c(=O)c2c1CCCN2. The minimum atomic E-state index is -0.999. The number of hydrogen-bond acceptors (Lipinski definition) is 3. The van der Waals surface area contributed by atoms with Gasteiger partial charge >= 0.3 is 5.97 Å². The standard InChI is InChI=1S/C9H10N2O3.ClH/c12-8-7-5(2-1-3-10-7)6(4-11-8)9(13)14;/h4,10H,1-3H2,(H,11,12)(H,13,14);1H. The predicted octanol–water partition coefficient (Wildman–Crippen LogP) is 0.853. The van der Waals surface area contributed by atoms with E-state index in [0.29, 0.717) is 17.7 Å². The molecular weight excluding hydrogens is 220 g/mol. The highest BCUT2D eigenvalue weighted by Gasteiger charge is 2.19. The number of aromatic nitrogens is 1. The first-order valence-electron chi connectivity index (χ1n) is 4.42. The highest BCUT2D eigenvalue weighted by Crippen LogP contribution is 2.20. The molecule has 1 aromatic heterocycles. The summed E-state index contributed by atoms with van der Waals surface area (Å²) < 4.78 is 0. The van der Waals surface area contributed by atoms with Gasteiger partial charge in [-0.15, -0.1) is 12.4 Å². The molecule has 0 aromatic carbocycles.